The maximum absolute atomic E-state index is 5.69. The molecule has 5 heteroatoms. The lowest BCUT2D eigenvalue weighted by Crippen LogP contribution is -2.26. The van der Waals surface area contributed by atoms with Crippen molar-refractivity contribution in [1.82, 2.24) is 15.5 Å². The summed E-state index contributed by atoms with van der Waals surface area (Å²) in [5.41, 5.74) is -0.295. The zero-order valence-corrected chi connectivity index (χ0v) is 11.1. The minimum absolute atomic E-state index is 0.295. The first-order chi connectivity index (χ1) is 8.75. The van der Waals surface area contributed by atoms with Crippen molar-refractivity contribution in [1.29, 1.82) is 0 Å². The molecule has 2 fully saturated rings. The smallest absolute Gasteiger partial charge is 0.231 e. The van der Waals surface area contributed by atoms with Crippen LogP contribution in [0.15, 0.2) is 4.52 Å². The zero-order chi connectivity index (χ0) is 12.6. The van der Waals surface area contributed by atoms with Crippen molar-refractivity contribution in [2.75, 3.05) is 20.2 Å². The van der Waals surface area contributed by atoms with Crippen LogP contribution in [-0.4, -0.2) is 30.3 Å². The molecule has 1 aliphatic heterocycles. The van der Waals surface area contributed by atoms with Crippen LogP contribution >= 0.6 is 0 Å². The van der Waals surface area contributed by atoms with Crippen molar-refractivity contribution in [2.24, 2.45) is 5.92 Å². The third kappa shape index (κ3) is 1.86. The second-order valence-corrected chi connectivity index (χ2v) is 5.60. The van der Waals surface area contributed by atoms with Gasteiger partial charge >= 0.3 is 0 Å². The summed E-state index contributed by atoms with van der Waals surface area (Å²) in [6.07, 6.45) is 4.36. The molecule has 100 valence electrons. The zero-order valence-electron chi connectivity index (χ0n) is 11.1. The van der Waals surface area contributed by atoms with Gasteiger partial charge in [0.2, 0.25) is 11.7 Å². The van der Waals surface area contributed by atoms with Crippen molar-refractivity contribution in [2.45, 2.75) is 44.1 Å². The van der Waals surface area contributed by atoms with Crippen molar-refractivity contribution >= 4 is 0 Å². The SMILES string of the molecule is COC1(c2noc([C@@H]3CNC[C@H]3C)n2)CCCC1. The van der Waals surface area contributed by atoms with Gasteiger partial charge in [-0.1, -0.05) is 12.1 Å². The van der Waals surface area contributed by atoms with Crippen molar-refractivity contribution in [3.8, 4) is 0 Å². The predicted octanol–water partition coefficient (Wildman–Crippen LogP) is 1.81. The van der Waals surface area contributed by atoms with E-state index in [1.165, 1.54) is 12.8 Å². The van der Waals surface area contributed by atoms with Crippen molar-refractivity contribution in [3.63, 3.8) is 0 Å². The van der Waals surface area contributed by atoms with Gasteiger partial charge in [-0.3, -0.25) is 0 Å². The van der Waals surface area contributed by atoms with E-state index in [0.29, 0.717) is 11.8 Å². The summed E-state index contributed by atoms with van der Waals surface area (Å²) in [5.74, 6) is 2.42. The highest BCUT2D eigenvalue weighted by atomic mass is 16.5. The molecule has 2 heterocycles. The fourth-order valence-electron chi connectivity index (χ4n) is 3.18. The Balaban J connectivity index is 1.84. The molecule has 2 aliphatic rings. The van der Waals surface area contributed by atoms with Crippen LogP contribution in [0.3, 0.4) is 0 Å². The van der Waals surface area contributed by atoms with Crippen LogP contribution in [0.5, 0.6) is 0 Å². The first kappa shape index (κ1) is 12.1. The summed E-state index contributed by atoms with van der Waals surface area (Å²) in [6, 6.07) is 0. The Kier molecular flexibility index (Phi) is 3.11. The van der Waals surface area contributed by atoms with Crippen LogP contribution in [0.4, 0.5) is 0 Å². The van der Waals surface area contributed by atoms with Crippen LogP contribution in [0, 0.1) is 5.92 Å². The molecule has 3 rings (SSSR count). The lowest BCUT2D eigenvalue weighted by Gasteiger charge is -2.22. The normalized spacial score (nSPS) is 31.0. The third-order valence-electron chi connectivity index (χ3n) is 4.49. The van der Waals surface area contributed by atoms with Gasteiger partial charge in [0.05, 0.1) is 5.92 Å². The molecule has 1 aliphatic carbocycles. The summed E-state index contributed by atoms with van der Waals surface area (Å²) in [5, 5.41) is 7.55. The number of nitrogens with zero attached hydrogens (tertiary/aromatic N) is 2. The molecule has 0 unspecified atom stereocenters. The van der Waals surface area contributed by atoms with Gasteiger partial charge in [0, 0.05) is 13.7 Å². The maximum Gasteiger partial charge on any atom is 0.231 e. The van der Waals surface area contributed by atoms with E-state index in [-0.39, 0.29) is 5.60 Å². The third-order valence-corrected chi connectivity index (χ3v) is 4.49. The number of hydrogen-bond donors (Lipinski definition) is 1. The van der Waals surface area contributed by atoms with Crippen LogP contribution in [-0.2, 0) is 10.3 Å². The summed E-state index contributed by atoms with van der Waals surface area (Å²) in [7, 11) is 1.75. The Morgan fingerprint density at radius 1 is 1.33 bits per heavy atom. The standard InChI is InChI=1S/C13H21N3O2/c1-9-7-14-8-10(9)11-15-12(16-18-11)13(17-2)5-3-4-6-13/h9-10,14H,3-8H2,1-2H3/t9-,10-/m1/s1. The Hall–Kier alpha value is -0.940. The Labute approximate surface area is 107 Å². The first-order valence-corrected chi connectivity index (χ1v) is 6.85. The van der Waals surface area contributed by atoms with Crippen LogP contribution in [0.25, 0.3) is 0 Å². The number of aromatic nitrogens is 2. The van der Waals surface area contributed by atoms with Crippen molar-refractivity contribution in [3.05, 3.63) is 11.7 Å². The molecule has 0 spiro atoms. The van der Waals surface area contributed by atoms with E-state index >= 15 is 0 Å². The molecule has 0 aromatic carbocycles. The van der Waals surface area contributed by atoms with E-state index in [9.17, 15) is 0 Å². The molecule has 1 saturated carbocycles. The highest BCUT2D eigenvalue weighted by Crippen LogP contribution is 2.40. The summed E-state index contributed by atoms with van der Waals surface area (Å²) in [4.78, 5) is 4.62. The molecular formula is C13H21N3O2. The largest absolute Gasteiger partial charge is 0.370 e. The highest BCUT2D eigenvalue weighted by molar-refractivity contribution is 5.08. The molecule has 1 aromatic heterocycles. The number of methoxy groups -OCH3 is 1. The molecule has 18 heavy (non-hydrogen) atoms. The first-order valence-electron chi connectivity index (χ1n) is 6.85. The van der Waals surface area contributed by atoms with E-state index in [1.54, 1.807) is 7.11 Å². The Morgan fingerprint density at radius 2 is 2.11 bits per heavy atom. The molecular weight excluding hydrogens is 230 g/mol. The number of hydrogen-bond acceptors (Lipinski definition) is 5. The summed E-state index contributed by atoms with van der Waals surface area (Å²) in [6.45, 7) is 4.18. The molecule has 0 amide bonds. The minimum Gasteiger partial charge on any atom is -0.370 e. The second-order valence-electron chi connectivity index (χ2n) is 5.60. The van der Waals surface area contributed by atoms with Gasteiger partial charge in [0.15, 0.2) is 0 Å². The van der Waals surface area contributed by atoms with Gasteiger partial charge < -0.3 is 14.6 Å². The van der Waals surface area contributed by atoms with E-state index in [4.69, 9.17) is 9.26 Å². The average Bonchev–Trinajstić information content (AvgIpc) is 3.08. The highest BCUT2D eigenvalue weighted by Gasteiger charge is 2.41. The van der Waals surface area contributed by atoms with Gasteiger partial charge in [-0.15, -0.1) is 0 Å². The molecule has 1 N–H and O–H groups in total. The second kappa shape index (κ2) is 4.63. The van der Waals surface area contributed by atoms with E-state index < -0.39 is 0 Å². The van der Waals surface area contributed by atoms with Crippen LogP contribution < -0.4 is 5.32 Å². The Morgan fingerprint density at radius 3 is 2.72 bits per heavy atom. The number of nitrogens with one attached hydrogen (secondary N) is 1. The molecule has 5 nitrogen and oxygen atoms in total. The molecule has 0 bridgehead atoms. The fraction of sp³-hybridized carbons (Fsp3) is 0.846. The van der Waals surface area contributed by atoms with Crippen LogP contribution in [0.2, 0.25) is 0 Å². The van der Waals surface area contributed by atoms with Crippen LogP contribution in [0.1, 0.15) is 50.2 Å². The van der Waals surface area contributed by atoms with Gasteiger partial charge in [0.1, 0.15) is 5.60 Å². The van der Waals surface area contributed by atoms with E-state index in [0.717, 1.165) is 37.6 Å². The number of rotatable bonds is 3. The van der Waals surface area contributed by atoms with Gasteiger partial charge in [-0.25, -0.2) is 0 Å². The molecule has 0 radical (unpaired) electrons. The molecule has 1 saturated heterocycles. The van der Waals surface area contributed by atoms with Gasteiger partial charge in [-0.05, 0) is 38.1 Å². The predicted molar refractivity (Wildman–Crippen MR) is 66.2 cm³/mol. The minimum atomic E-state index is -0.295. The van der Waals surface area contributed by atoms with Gasteiger partial charge in [0.25, 0.3) is 0 Å². The maximum atomic E-state index is 5.69. The van der Waals surface area contributed by atoms with E-state index in [2.05, 4.69) is 22.4 Å². The fourth-order valence-corrected chi connectivity index (χ4v) is 3.18. The van der Waals surface area contributed by atoms with Crippen molar-refractivity contribution < 1.29 is 9.26 Å². The monoisotopic (exact) mass is 251 g/mol. The molecule has 1 aromatic rings. The van der Waals surface area contributed by atoms with E-state index in [1.807, 2.05) is 0 Å². The average molecular weight is 251 g/mol. The molecule has 2 atom stereocenters. The Bertz CT molecular complexity index is 412. The summed E-state index contributed by atoms with van der Waals surface area (Å²) >= 11 is 0. The topological polar surface area (TPSA) is 60.2 Å². The lowest BCUT2D eigenvalue weighted by atomic mass is 9.98. The quantitative estimate of drug-likeness (QED) is 0.887. The van der Waals surface area contributed by atoms with Gasteiger partial charge in [-0.2, -0.15) is 4.98 Å². The lowest BCUT2D eigenvalue weighted by molar-refractivity contribution is -0.0178. The summed E-state index contributed by atoms with van der Waals surface area (Å²) < 4.78 is 11.2. The number of ether oxygens (including phenoxy) is 1.